The Bertz CT molecular complexity index is 510. The molecule has 2 rings (SSSR count). The Morgan fingerprint density at radius 3 is 2.72 bits per heavy atom. The Hall–Kier alpha value is -1.50. The van der Waals surface area contributed by atoms with Crippen molar-refractivity contribution in [3.63, 3.8) is 0 Å². The van der Waals surface area contributed by atoms with Crippen LogP contribution < -0.4 is 0 Å². The molecule has 1 N–H and O–H groups in total. The molecule has 0 aromatic heterocycles. The molecule has 1 fully saturated rings. The number of halogens is 1. The van der Waals surface area contributed by atoms with E-state index in [-0.39, 0.29) is 12.5 Å². The average molecular weight is 264 g/mol. The van der Waals surface area contributed by atoms with E-state index in [4.69, 9.17) is 16.7 Å². The van der Waals surface area contributed by atoms with Gasteiger partial charge in [-0.25, -0.2) is 0 Å². The fraction of sp³-hybridized carbons (Fsp3) is 0.357. The lowest BCUT2D eigenvalue weighted by atomic mass is 10.1. The molecule has 0 unspecified atom stereocenters. The zero-order valence-corrected chi connectivity index (χ0v) is 10.7. The molecule has 0 spiro atoms. The van der Waals surface area contributed by atoms with Crippen molar-refractivity contribution in [2.24, 2.45) is 0 Å². The number of nitrogens with zero attached hydrogens (tertiary/aromatic N) is 1. The molecule has 4 heteroatoms. The van der Waals surface area contributed by atoms with Gasteiger partial charge in [0.2, 0.25) is 0 Å². The first-order chi connectivity index (χ1) is 8.72. The number of benzene rings is 1. The summed E-state index contributed by atoms with van der Waals surface area (Å²) in [5.74, 6) is 5.30. The highest BCUT2D eigenvalue weighted by molar-refractivity contribution is 6.32. The molecule has 0 radical (unpaired) electrons. The molecule has 1 heterocycles. The SMILES string of the molecule is O=C(c1ccc(C#CCO)c(Cl)c1)N1CCCC1. The van der Waals surface area contributed by atoms with Gasteiger partial charge >= 0.3 is 0 Å². The summed E-state index contributed by atoms with van der Waals surface area (Å²) >= 11 is 6.06. The summed E-state index contributed by atoms with van der Waals surface area (Å²) in [6.45, 7) is 1.44. The maximum atomic E-state index is 12.1. The van der Waals surface area contributed by atoms with Crippen LogP contribution in [0.25, 0.3) is 0 Å². The van der Waals surface area contributed by atoms with Gasteiger partial charge in [-0.3, -0.25) is 4.79 Å². The van der Waals surface area contributed by atoms with Gasteiger partial charge in [-0.1, -0.05) is 23.4 Å². The minimum atomic E-state index is -0.204. The van der Waals surface area contributed by atoms with Crippen molar-refractivity contribution < 1.29 is 9.90 Å². The van der Waals surface area contributed by atoms with Gasteiger partial charge in [0, 0.05) is 24.2 Å². The number of amides is 1. The molecule has 1 amide bonds. The van der Waals surface area contributed by atoms with Gasteiger partial charge in [-0.15, -0.1) is 0 Å². The number of hydrogen-bond acceptors (Lipinski definition) is 2. The maximum absolute atomic E-state index is 12.1. The first kappa shape index (κ1) is 12.9. The second kappa shape index (κ2) is 5.90. The summed E-state index contributed by atoms with van der Waals surface area (Å²) in [4.78, 5) is 14.0. The van der Waals surface area contributed by atoms with Crippen LogP contribution in [0.4, 0.5) is 0 Å². The number of rotatable bonds is 1. The Morgan fingerprint density at radius 2 is 2.11 bits per heavy atom. The van der Waals surface area contributed by atoms with Crippen molar-refractivity contribution in [2.45, 2.75) is 12.8 Å². The first-order valence-corrected chi connectivity index (χ1v) is 6.28. The maximum Gasteiger partial charge on any atom is 0.253 e. The minimum absolute atomic E-state index is 0.0241. The van der Waals surface area contributed by atoms with E-state index in [0.717, 1.165) is 25.9 Å². The third kappa shape index (κ3) is 2.84. The molecule has 0 bridgehead atoms. The summed E-state index contributed by atoms with van der Waals surface area (Å²) < 4.78 is 0. The van der Waals surface area contributed by atoms with Crippen molar-refractivity contribution in [1.82, 2.24) is 4.90 Å². The highest BCUT2D eigenvalue weighted by atomic mass is 35.5. The van der Waals surface area contributed by atoms with Crippen LogP contribution in [0.1, 0.15) is 28.8 Å². The van der Waals surface area contributed by atoms with Crippen molar-refractivity contribution in [3.05, 3.63) is 34.3 Å². The lowest BCUT2D eigenvalue weighted by molar-refractivity contribution is 0.0793. The monoisotopic (exact) mass is 263 g/mol. The molecular formula is C14H14ClNO2. The average Bonchev–Trinajstić information content (AvgIpc) is 2.90. The molecular weight excluding hydrogens is 250 g/mol. The van der Waals surface area contributed by atoms with E-state index in [1.807, 2.05) is 4.90 Å². The molecule has 3 nitrogen and oxygen atoms in total. The Kier molecular flexibility index (Phi) is 4.24. The van der Waals surface area contributed by atoms with Crippen molar-refractivity contribution in [1.29, 1.82) is 0 Å². The zero-order valence-electron chi connectivity index (χ0n) is 9.95. The zero-order chi connectivity index (χ0) is 13.0. The van der Waals surface area contributed by atoms with Crippen LogP contribution in [-0.2, 0) is 0 Å². The van der Waals surface area contributed by atoms with E-state index in [1.54, 1.807) is 18.2 Å². The van der Waals surface area contributed by atoms with E-state index < -0.39 is 0 Å². The molecule has 1 aromatic rings. The molecule has 18 heavy (non-hydrogen) atoms. The number of hydrogen-bond donors (Lipinski definition) is 1. The molecule has 94 valence electrons. The predicted octanol–water partition coefficient (Wildman–Crippen LogP) is 1.92. The van der Waals surface area contributed by atoms with E-state index >= 15 is 0 Å². The van der Waals surface area contributed by atoms with Gasteiger partial charge in [-0.2, -0.15) is 0 Å². The Morgan fingerprint density at radius 1 is 1.39 bits per heavy atom. The van der Waals surface area contributed by atoms with Gasteiger partial charge in [0.1, 0.15) is 6.61 Å². The van der Waals surface area contributed by atoms with E-state index in [1.165, 1.54) is 0 Å². The Balaban J connectivity index is 2.20. The summed E-state index contributed by atoms with van der Waals surface area (Å²) in [6.07, 6.45) is 2.14. The number of aliphatic hydroxyl groups excluding tert-OH is 1. The normalized spacial score (nSPS) is 14.2. The molecule has 0 saturated carbocycles. The van der Waals surface area contributed by atoms with Crippen LogP contribution in [0.3, 0.4) is 0 Å². The van der Waals surface area contributed by atoms with Gasteiger partial charge in [-0.05, 0) is 31.0 Å². The highest BCUT2D eigenvalue weighted by Gasteiger charge is 2.19. The molecule has 1 saturated heterocycles. The van der Waals surface area contributed by atoms with Crippen molar-refractivity contribution in [3.8, 4) is 11.8 Å². The lowest BCUT2D eigenvalue weighted by Crippen LogP contribution is -2.27. The van der Waals surface area contributed by atoms with E-state index in [2.05, 4.69) is 11.8 Å². The predicted molar refractivity (Wildman–Crippen MR) is 70.6 cm³/mol. The van der Waals surface area contributed by atoms with Gasteiger partial charge in [0.05, 0.1) is 5.02 Å². The molecule has 1 aliphatic heterocycles. The molecule has 0 aliphatic carbocycles. The highest BCUT2D eigenvalue weighted by Crippen LogP contribution is 2.19. The van der Waals surface area contributed by atoms with Gasteiger partial charge in [0.15, 0.2) is 0 Å². The lowest BCUT2D eigenvalue weighted by Gasteiger charge is -2.15. The standard InChI is InChI=1S/C14H14ClNO2/c15-13-10-12(6-5-11(13)4-3-9-17)14(18)16-7-1-2-8-16/h5-6,10,17H,1-2,7-9H2. The molecule has 1 aliphatic rings. The topological polar surface area (TPSA) is 40.5 Å². The summed E-state index contributed by atoms with van der Waals surface area (Å²) in [5, 5.41) is 9.07. The van der Waals surface area contributed by atoms with Crippen LogP contribution in [-0.4, -0.2) is 35.6 Å². The van der Waals surface area contributed by atoms with E-state index in [0.29, 0.717) is 16.1 Å². The number of carbonyl (C=O) groups excluding carboxylic acids is 1. The number of carbonyl (C=O) groups is 1. The van der Waals surface area contributed by atoms with Gasteiger partial charge in [0.25, 0.3) is 5.91 Å². The second-order valence-corrected chi connectivity index (χ2v) is 4.56. The van der Waals surface area contributed by atoms with Crippen LogP contribution in [0.5, 0.6) is 0 Å². The fourth-order valence-corrected chi connectivity index (χ4v) is 2.21. The number of aliphatic hydroxyl groups is 1. The smallest absolute Gasteiger partial charge is 0.253 e. The van der Waals surface area contributed by atoms with Crippen LogP contribution in [0.2, 0.25) is 5.02 Å². The second-order valence-electron chi connectivity index (χ2n) is 4.15. The number of likely N-dealkylation sites (tertiary alicyclic amines) is 1. The van der Waals surface area contributed by atoms with Crippen LogP contribution in [0, 0.1) is 11.8 Å². The van der Waals surface area contributed by atoms with Gasteiger partial charge < -0.3 is 10.0 Å². The third-order valence-corrected chi connectivity index (χ3v) is 3.22. The minimum Gasteiger partial charge on any atom is -0.384 e. The van der Waals surface area contributed by atoms with E-state index in [9.17, 15) is 4.79 Å². The molecule has 0 atom stereocenters. The van der Waals surface area contributed by atoms with Crippen molar-refractivity contribution in [2.75, 3.05) is 19.7 Å². The Labute approximate surface area is 111 Å². The van der Waals surface area contributed by atoms with Crippen LogP contribution >= 0.6 is 11.6 Å². The first-order valence-electron chi connectivity index (χ1n) is 5.91. The fourth-order valence-electron chi connectivity index (χ4n) is 1.99. The summed E-state index contributed by atoms with van der Waals surface area (Å²) in [5.41, 5.74) is 1.22. The summed E-state index contributed by atoms with van der Waals surface area (Å²) in [6, 6.07) is 5.09. The summed E-state index contributed by atoms with van der Waals surface area (Å²) in [7, 11) is 0. The largest absolute Gasteiger partial charge is 0.384 e. The third-order valence-electron chi connectivity index (χ3n) is 2.91. The van der Waals surface area contributed by atoms with Crippen molar-refractivity contribution >= 4 is 17.5 Å². The quantitative estimate of drug-likeness (QED) is 0.787. The van der Waals surface area contributed by atoms with Crippen LogP contribution in [0.15, 0.2) is 18.2 Å². The molecule has 1 aromatic carbocycles.